The summed E-state index contributed by atoms with van der Waals surface area (Å²) in [7, 11) is 0. The Labute approximate surface area is 285 Å². The second-order valence-electron chi connectivity index (χ2n) is 14.5. The fraction of sp³-hybridized carbons (Fsp3) is 0.0612. The Balaban J connectivity index is 1.10. The van der Waals surface area contributed by atoms with Gasteiger partial charge in [0.15, 0.2) is 0 Å². The van der Waals surface area contributed by atoms with Gasteiger partial charge in [-0.15, -0.1) is 0 Å². The lowest BCUT2D eigenvalue weighted by Crippen LogP contribution is -2.15. The third-order valence-corrected chi connectivity index (χ3v) is 11.6. The number of hydrogen-bond acceptors (Lipinski definition) is 0. The van der Waals surface area contributed by atoms with Gasteiger partial charge in [0.2, 0.25) is 0 Å². The van der Waals surface area contributed by atoms with Gasteiger partial charge in [-0.1, -0.05) is 153 Å². The van der Waals surface area contributed by atoms with Crippen molar-refractivity contribution >= 4 is 64.6 Å². The van der Waals surface area contributed by atoms with Gasteiger partial charge in [-0.3, -0.25) is 0 Å². The first-order valence-electron chi connectivity index (χ1n) is 17.3. The zero-order valence-corrected chi connectivity index (χ0v) is 27.5. The lowest BCUT2D eigenvalue weighted by Gasteiger charge is -2.23. The molecule has 1 aliphatic rings. The maximum atomic E-state index is 2.49. The third-order valence-electron chi connectivity index (χ3n) is 11.6. The van der Waals surface area contributed by atoms with E-state index in [1.54, 1.807) is 0 Å². The Bertz CT molecular complexity index is 2990. The first-order valence-corrected chi connectivity index (χ1v) is 17.3. The predicted octanol–water partition coefficient (Wildman–Crippen LogP) is 13.7. The van der Waals surface area contributed by atoms with Crippen molar-refractivity contribution in [1.82, 2.24) is 0 Å². The van der Waals surface area contributed by atoms with Crippen molar-refractivity contribution < 1.29 is 0 Å². The molecule has 0 heterocycles. The van der Waals surface area contributed by atoms with Crippen LogP contribution in [0.2, 0.25) is 0 Å². The number of rotatable bonds is 2. The fourth-order valence-electron chi connectivity index (χ4n) is 9.18. The van der Waals surface area contributed by atoms with Crippen LogP contribution in [0.3, 0.4) is 0 Å². The molecule has 0 spiro atoms. The van der Waals surface area contributed by atoms with Crippen LogP contribution in [0.15, 0.2) is 158 Å². The van der Waals surface area contributed by atoms with E-state index in [4.69, 9.17) is 0 Å². The second kappa shape index (κ2) is 9.56. The van der Waals surface area contributed by atoms with Gasteiger partial charge in [-0.25, -0.2) is 0 Å². The van der Waals surface area contributed by atoms with Gasteiger partial charge < -0.3 is 0 Å². The molecule has 0 aromatic heterocycles. The van der Waals surface area contributed by atoms with Crippen molar-refractivity contribution in [2.75, 3.05) is 0 Å². The average molecular weight is 621 g/mol. The third kappa shape index (κ3) is 3.64. The summed E-state index contributed by atoms with van der Waals surface area (Å²) in [5.41, 5.74) is 10.5. The summed E-state index contributed by atoms with van der Waals surface area (Å²) in [5.74, 6) is 0. The summed E-state index contributed by atoms with van der Waals surface area (Å²) in [4.78, 5) is 0. The molecule has 10 aromatic rings. The molecule has 0 heteroatoms. The van der Waals surface area contributed by atoms with Crippen LogP contribution in [0, 0.1) is 0 Å². The maximum absolute atomic E-state index is 2.49. The van der Waals surface area contributed by atoms with Crippen LogP contribution in [0.4, 0.5) is 0 Å². The van der Waals surface area contributed by atoms with E-state index in [1.165, 1.54) is 109 Å². The molecule has 1 aliphatic carbocycles. The highest BCUT2D eigenvalue weighted by Crippen LogP contribution is 2.52. The SMILES string of the molecule is CC1(C)c2cc(-c3c4ccccc4cc4c3ccc3ccccc34)ccc2-c2ccc(-c3ccc4ccc5cccc6ccc3c4c56)cc21. The highest BCUT2D eigenvalue weighted by Gasteiger charge is 2.36. The van der Waals surface area contributed by atoms with Crippen molar-refractivity contribution in [3.63, 3.8) is 0 Å². The van der Waals surface area contributed by atoms with Crippen LogP contribution >= 0.6 is 0 Å². The fourth-order valence-corrected chi connectivity index (χ4v) is 9.18. The molecule has 0 N–H and O–H groups in total. The second-order valence-corrected chi connectivity index (χ2v) is 14.5. The summed E-state index contributed by atoms with van der Waals surface area (Å²) < 4.78 is 0. The normalized spacial score (nSPS) is 13.7. The Kier molecular flexibility index (Phi) is 5.27. The Morgan fingerprint density at radius 3 is 1.67 bits per heavy atom. The van der Waals surface area contributed by atoms with E-state index in [1.807, 2.05) is 0 Å². The minimum absolute atomic E-state index is 0.145. The number of benzene rings is 10. The Morgan fingerprint density at radius 1 is 0.327 bits per heavy atom. The van der Waals surface area contributed by atoms with Crippen molar-refractivity contribution in [3.05, 3.63) is 169 Å². The van der Waals surface area contributed by atoms with Crippen molar-refractivity contribution in [2.45, 2.75) is 19.3 Å². The standard InChI is InChI=1S/C49H32/c1-49(2)44-27-34(37-21-17-32-15-14-30-10-7-11-31-18-25-41(37)48(32)46(30)31)19-22-39(44)40-23-20-35(28-45(40)49)47-38-13-6-4-9-33(38)26-43-36-12-5-3-8-29(36)16-24-42(43)47/h3-28H,1-2H3. The average Bonchev–Trinajstić information content (AvgIpc) is 3.37. The molecule has 0 fully saturated rings. The number of fused-ring (bicyclic) bond motifs is 7. The first-order chi connectivity index (χ1) is 24.0. The van der Waals surface area contributed by atoms with Crippen molar-refractivity contribution in [3.8, 4) is 33.4 Å². The molecule has 0 nitrogen and oxygen atoms in total. The van der Waals surface area contributed by atoms with Gasteiger partial charge in [0, 0.05) is 5.41 Å². The van der Waals surface area contributed by atoms with Crippen molar-refractivity contribution in [1.29, 1.82) is 0 Å². The molecule has 0 aliphatic heterocycles. The highest BCUT2D eigenvalue weighted by molar-refractivity contribution is 6.25. The molecule has 0 saturated heterocycles. The van der Waals surface area contributed by atoms with Gasteiger partial charge >= 0.3 is 0 Å². The van der Waals surface area contributed by atoms with Gasteiger partial charge in [0.1, 0.15) is 0 Å². The van der Waals surface area contributed by atoms with E-state index >= 15 is 0 Å². The van der Waals surface area contributed by atoms with Crippen LogP contribution in [-0.2, 0) is 5.41 Å². The largest absolute Gasteiger partial charge is 0.0616 e. The van der Waals surface area contributed by atoms with Crippen LogP contribution in [0.1, 0.15) is 25.0 Å². The van der Waals surface area contributed by atoms with Crippen LogP contribution in [0.5, 0.6) is 0 Å². The predicted molar refractivity (Wildman–Crippen MR) is 211 cm³/mol. The summed E-state index contributed by atoms with van der Waals surface area (Å²) in [6, 6.07) is 59.5. The molecular formula is C49H32. The van der Waals surface area contributed by atoms with E-state index in [2.05, 4.69) is 172 Å². The maximum Gasteiger partial charge on any atom is 0.0159 e. The summed E-state index contributed by atoms with van der Waals surface area (Å²) in [5, 5.41) is 15.8. The van der Waals surface area contributed by atoms with E-state index < -0.39 is 0 Å². The Morgan fingerprint density at radius 2 is 0.878 bits per heavy atom. The molecule has 228 valence electrons. The summed E-state index contributed by atoms with van der Waals surface area (Å²) >= 11 is 0. The molecule has 0 radical (unpaired) electrons. The molecule has 0 amide bonds. The van der Waals surface area contributed by atoms with Crippen LogP contribution in [-0.4, -0.2) is 0 Å². The molecule has 49 heavy (non-hydrogen) atoms. The molecule has 10 aromatic carbocycles. The van der Waals surface area contributed by atoms with E-state index in [-0.39, 0.29) is 5.41 Å². The molecule has 11 rings (SSSR count). The van der Waals surface area contributed by atoms with Crippen LogP contribution in [0.25, 0.3) is 98.0 Å². The topological polar surface area (TPSA) is 0 Å². The van der Waals surface area contributed by atoms with E-state index in [0.717, 1.165) is 0 Å². The Hall–Kier alpha value is -5.98. The van der Waals surface area contributed by atoms with E-state index in [9.17, 15) is 0 Å². The molecular weight excluding hydrogens is 589 g/mol. The zero-order valence-electron chi connectivity index (χ0n) is 27.5. The minimum atomic E-state index is -0.145. The molecule has 0 bridgehead atoms. The summed E-state index contributed by atoms with van der Waals surface area (Å²) in [6.07, 6.45) is 0. The van der Waals surface area contributed by atoms with Crippen LogP contribution < -0.4 is 0 Å². The zero-order chi connectivity index (χ0) is 32.4. The van der Waals surface area contributed by atoms with Gasteiger partial charge in [-0.05, 0) is 127 Å². The lowest BCUT2D eigenvalue weighted by atomic mass is 9.80. The number of hydrogen-bond donors (Lipinski definition) is 0. The first kappa shape index (κ1) is 27.0. The monoisotopic (exact) mass is 620 g/mol. The molecule has 0 saturated carbocycles. The van der Waals surface area contributed by atoms with E-state index in [0.29, 0.717) is 0 Å². The molecule has 0 unspecified atom stereocenters. The summed E-state index contributed by atoms with van der Waals surface area (Å²) in [6.45, 7) is 4.81. The van der Waals surface area contributed by atoms with Gasteiger partial charge in [0.25, 0.3) is 0 Å². The van der Waals surface area contributed by atoms with Crippen molar-refractivity contribution in [2.24, 2.45) is 0 Å². The quantitative estimate of drug-likeness (QED) is 0.133. The smallest absolute Gasteiger partial charge is 0.0159 e. The van der Waals surface area contributed by atoms with Gasteiger partial charge in [-0.2, -0.15) is 0 Å². The minimum Gasteiger partial charge on any atom is -0.0616 e. The highest BCUT2D eigenvalue weighted by atomic mass is 14.4. The molecule has 0 atom stereocenters. The lowest BCUT2D eigenvalue weighted by molar-refractivity contribution is 0.661. The van der Waals surface area contributed by atoms with Gasteiger partial charge in [0.05, 0.1) is 0 Å².